The number of amides is 4. The van der Waals surface area contributed by atoms with Crippen molar-refractivity contribution in [1.29, 1.82) is 0 Å². The van der Waals surface area contributed by atoms with E-state index in [-0.39, 0.29) is 13.1 Å². The largest absolute Gasteiger partial charge is 0.497 e. The number of hydrogen-bond acceptors (Lipinski definition) is 5. The van der Waals surface area contributed by atoms with Gasteiger partial charge >= 0.3 is 6.03 Å². The Morgan fingerprint density at radius 3 is 2.44 bits per heavy atom. The van der Waals surface area contributed by atoms with Crippen LogP contribution < -0.4 is 21.1 Å². The normalized spacial score (nSPS) is 20.4. The van der Waals surface area contributed by atoms with Gasteiger partial charge in [0.15, 0.2) is 0 Å². The van der Waals surface area contributed by atoms with Gasteiger partial charge in [-0.05, 0) is 38.5 Å². The van der Waals surface area contributed by atoms with Crippen LogP contribution in [0.25, 0.3) is 0 Å². The molecular weight excluding hydrogens is 324 g/mol. The lowest BCUT2D eigenvalue weighted by Crippen LogP contribution is -2.48. The predicted octanol–water partition coefficient (Wildman–Crippen LogP) is 0.316. The van der Waals surface area contributed by atoms with Gasteiger partial charge in [0, 0.05) is 12.1 Å². The number of urea groups is 1. The molecule has 2 rings (SSSR count). The third kappa shape index (κ3) is 4.08. The maximum Gasteiger partial charge on any atom is 0.325 e. The molecule has 136 valence electrons. The van der Waals surface area contributed by atoms with E-state index in [4.69, 9.17) is 10.5 Å². The van der Waals surface area contributed by atoms with Gasteiger partial charge in [0.1, 0.15) is 17.8 Å². The van der Waals surface area contributed by atoms with Crippen LogP contribution in [0.1, 0.15) is 26.3 Å². The van der Waals surface area contributed by atoms with Gasteiger partial charge in [0.2, 0.25) is 5.91 Å². The first-order valence-electron chi connectivity index (χ1n) is 7.91. The molecule has 1 aliphatic rings. The molecule has 0 bridgehead atoms. The Hall–Kier alpha value is -2.61. The zero-order chi connectivity index (χ0) is 18.8. The lowest BCUT2D eigenvalue weighted by Gasteiger charge is -2.23. The summed E-state index contributed by atoms with van der Waals surface area (Å²) in [6, 6.07) is 6.22. The summed E-state index contributed by atoms with van der Waals surface area (Å²) in [5, 5.41) is 5.27. The molecule has 0 radical (unpaired) electrons. The Labute approximate surface area is 146 Å². The first kappa shape index (κ1) is 18.7. The smallest absolute Gasteiger partial charge is 0.325 e. The van der Waals surface area contributed by atoms with E-state index < -0.39 is 28.9 Å². The van der Waals surface area contributed by atoms with E-state index in [1.165, 1.54) is 0 Å². The lowest BCUT2D eigenvalue weighted by atomic mass is 9.92. The molecule has 1 heterocycles. The number of methoxy groups -OCH3 is 1. The maximum absolute atomic E-state index is 12.7. The number of benzene rings is 1. The third-order valence-corrected chi connectivity index (χ3v) is 3.99. The van der Waals surface area contributed by atoms with Crippen LogP contribution in [0.15, 0.2) is 24.3 Å². The summed E-state index contributed by atoms with van der Waals surface area (Å²) in [4.78, 5) is 37.9. The minimum atomic E-state index is -1.23. The fourth-order valence-electron chi connectivity index (χ4n) is 2.49. The molecule has 1 saturated heterocycles. The molecule has 1 fully saturated rings. The van der Waals surface area contributed by atoms with E-state index in [0.717, 1.165) is 4.90 Å². The molecule has 1 aromatic rings. The van der Waals surface area contributed by atoms with Gasteiger partial charge in [-0.3, -0.25) is 14.5 Å². The van der Waals surface area contributed by atoms with Crippen molar-refractivity contribution in [2.24, 2.45) is 5.73 Å². The second-order valence-corrected chi connectivity index (χ2v) is 6.94. The van der Waals surface area contributed by atoms with E-state index in [0.29, 0.717) is 11.3 Å². The number of imide groups is 1. The van der Waals surface area contributed by atoms with Crippen LogP contribution in [0, 0.1) is 0 Å². The molecular formula is C17H24N4O4. The summed E-state index contributed by atoms with van der Waals surface area (Å²) < 4.78 is 5.09. The molecule has 1 unspecified atom stereocenters. The van der Waals surface area contributed by atoms with Crippen LogP contribution in [0.4, 0.5) is 4.79 Å². The highest BCUT2D eigenvalue weighted by Gasteiger charge is 2.49. The minimum Gasteiger partial charge on any atom is -0.497 e. The minimum absolute atomic E-state index is 0.241. The number of rotatable bonds is 6. The monoisotopic (exact) mass is 348 g/mol. The van der Waals surface area contributed by atoms with Crippen LogP contribution in [-0.2, 0) is 15.1 Å². The van der Waals surface area contributed by atoms with Crippen molar-refractivity contribution in [3.63, 3.8) is 0 Å². The van der Waals surface area contributed by atoms with Gasteiger partial charge < -0.3 is 21.1 Å². The van der Waals surface area contributed by atoms with Crippen molar-refractivity contribution in [3.05, 3.63) is 29.8 Å². The number of ether oxygens (including phenoxy) is 1. The van der Waals surface area contributed by atoms with Crippen molar-refractivity contribution in [1.82, 2.24) is 15.5 Å². The molecule has 0 spiro atoms. The second kappa shape index (κ2) is 6.72. The van der Waals surface area contributed by atoms with Gasteiger partial charge in [-0.15, -0.1) is 0 Å². The molecule has 4 N–H and O–H groups in total. The Morgan fingerprint density at radius 2 is 1.92 bits per heavy atom. The predicted molar refractivity (Wildman–Crippen MR) is 91.9 cm³/mol. The van der Waals surface area contributed by atoms with Crippen molar-refractivity contribution in [3.8, 4) is 5.75 Å². The molecule has 0 aromatic heterocycles. The average molecular weight is 348 g/mol. The van der Waals surface area contributed by atoms with Gasteiger partial charge in [0.05, 0.1) is 7.11 Å². The molecule has 1 aliphatic heterocycles. The van der Waals surface area contributed by atoms with Gasteiger partial charge in [-0.2, -0.15) is 0 Å². The Balaban J connectivity index is 2.11. The molecule has 25 heavy (non-hydrogen) atoms. The van der Waals surface area contributed by atoms with Crippen molar-refractivity contribution < 1.29 is 19.1 Å². The summed E-state index contributed by atoms with van der Waals surface area (Å²) >= 11 is 0. The molecule has 0 aliphatic carbocycles. The van der Waals surface area contributed by atoms with Crippen LogP contribution in [0.3, 0.4) is 0 Å². The number of hydrogen-bond donors (Lipinski definition) is 3. The maximum atomic E-state index is 12.7. The zero-order valence-corrected chi connectivity index (χ0v) is 14.9. The van der Waals surface area contributed by atoms with E-state index in [2.05, 4.69) is 10.6 Å². The van der Waals surface area contributed by atoms with E-state index in [1.807, 2.05) is 0 Å². The quantitative estimate of drug-likeness (QED) is 0.641. The first-order chi connectivity index (χ1) is 11.6. The number of carbonyl (C=O) groups excluding carboxylic acids is 3. The first-order valence-corrected chi connectivity index (χ1v) is 7.91. The number of nitrogens with zero attached hydrogens (tertiary/aromatic N) is 1. The van der Waals surface area contributed by atoms with Gasteiger partial charge in [0.25, 0.3) is 5.91 Å². The molecule has 1 atom stereocenters. The molecule has 4 amide bonds. The summed E-state index contributed by atoms with van der Waals surface area (Å²) in [6.45, 7) is 5.02. The standard InChI is InChI=1S/C17H24N4O4/c1-16(2,18)10-19-13(22)9-21-14(23)17(3,20-15(21)24)11-5-7-12(25-4)8-6-11/h5-8H,9-10,18H2,1-4H3,(H,19,22)(H,20,24). The van der Waals surface area contributed by atoms with Crippen molar-refractivity contribution >= 4 is 17.8 Å². The number of nitrogens with one attached hydrogen (secondary N) is 2. The topological polar surface area (TPSA) is 114 Å². The average Bonchev–Trinajstić information content (AvgIpc) is 2.77. The van der Waals surface area contributed by atoms with Crippen LogP contribution in [0.5, 0.6) is 5.75 Å². The Morgan fingerprint density at radius 1 is 1.32 bits per heavy atom. The summed E-state index contributed by atoms with van der Waals surface area (Å²) in [5.74, 6) is -0.282. The summed E-state index contributed by atoms with van der Waals surface area (Å²) in [6.07, 6.45) is 0. The van der Waals surface area contributed by atoms with Crippen LogP contribution in [-0.4, -0.2) is 48.5 Å². The second-order valence-electron chi connectivity index (χ2n) is 6.94. The Bertz CT molecular complexity index is 681. The van der Waals surface area contributed by atoms with E-state index in [9.17, 15) is 14.4 Å². The highest BCUT2D eigenvalue weighted by atomic mass is 16.5. The van der Waals surface area contributed by atoms with Crippen LogP contribution >= 0.6 is 0 Å². The van der Waals surface area contributed by atoms with Crippen molar-refractivity contribution in [2.45, 2.75) is 31.8 Å². The lowest BCUT2D eigenvalue weighted by molar-refractivity contribution is -0.134. The van der Waals surface area contributed by atoms with Crippen LogP contribution in [0.2, 0.25) is 0 Å². The summed E-state index contributed by atoms with van der Waals surface area (Å²) in [5.41, 5.74) is 4.61. The SMILES string of the molecule is COc1ccc(C2(C)NC(=O)N(CC(=O)NCC(C)(C)N)C2=O)cc1. The van der Waals surface area contributed by atoms with E-state index >= 15 is 0 Å². The van der Waals surface area contributed by atoms with E-state index in [1.54, 1.807) is 52.1 Å². The molecule has 8 heteroatoms. The number of nitrogens with two attached hydrogens (primary N) is 1. The summed E-state index contributed by atoms with van der Waals surface area (Å²) in [7, 11) is 1.54. The number of carbonyl (C=O) groups is 3. The fourth-order valence-corrected chi connectivity index (χ4v) is 2.49. The zero-order valence-electron chi connectivity index (χ0n) is 14.9. The molecule has 0 saturated carbocycles. The molecule has 1 aromatic carbocycles. The van der Waals surface area contributed by atoms with Gasteiger partial charge in [-0.1, -0.05) is 12.1 Å². The highest BCUT2D eigenvalue weighted by Crippen LogP contribution is 2.29. The Kier molecular flexibility index (Phi) is 5.03. The van der Waals surface area contributed by atoms with Gasteiger partial charge in [-0.25, -0.2) is 4.79 Å². The molecule has 8 nitrogen and oxygen atoms in total. The third-order valence-electron chi connectivity index (χ3n) is 3.99. The van der Waals surface area contributed by atoms with Crippen molar-refractivity contribution in [2.75, 3.05) is 20.2 Å². The highest BCUT2D eigenvalue weighted by molar-refractivity contribution is 6.09. The fraction of sp³-hybridized carbons (Fsp3) is 0.471.